The molecule has 0 unspecified atom stereocenters. The standard InChI is InChI=1S/C14H22N2O3.ClH/c1-18-9-4-10-19-13-6-2-5-12(11-13)14(17)16-8-3-7-15;/h2,5-6,11H,3-4,7-10,15H2,1H3,(H,16,17);1H. The van der Waals surface area contributed by atoms with Crippen LogP contribution in [0.25, 0.3) is 0 Å². The molecule has 0 aromatic heterocycles. The number of benzene rings is 1. The molecule has 0 saturated heterocycles. The molecule has 0 aliphatic heterocycles. The van der Waals surface area contributed by atoms with Gasteiger partial charge in [0.05, 0.1) is 6.61 Å². The van der Waals surface area contributed by atoms with Gasteiger partial charge in [0.2, 0.25) is 0 Å². The zero-order valence-corrected chi connectivity index (χ0v) is 12.6. The van der Waals surface area contributed by atoms with E-state index in [1.54, 1.807) is 19.2 Å². The molecule has 0 atom stereocenters. The Hall–Kier alpha value is -1.30. The minimum Gasteiger partial charge on any atom is -0.493 e. The highest BCUT2D eigenvalue weighted by molar-refractivity contribution is 5.94. The third-order valence-electron chi connectivity index (χ3n) is 2.52. The van der Waals surface area contributed by atoms with Crippen LogP contribution in [0.4, 0.5) is 0 Å². The van der Waals surface area contributed by atoms with E-state index in [0.29, 0.717) is 37.6 Å². The smallest absolute Gasteiger partial charge is 0.251 e. The lowest BCUT2D eigenvalue weighted by atomic mass is 10.2. The Bertz CT molecular complexity index is 388. The molecule has 0 aliphatic rings. The topological polar surface area (TPSA) is 73.6 Å². The van der Waals surface area contributed by atoms with Gasteiger partial charge in [-0.1, -0.05) is 6.07 Å². The van der Waals surface area contributed by atoms with E-state index in [1.165, 1.54) is 0 Å². The highest BCUT2D eigenvalue weighted by Crippen LogP contribution is 2.13. The van der Waals surface area contributed by atoms with Crippen LogP contribution in [0.1, 0.15) is 23.2 Å². The third-order valence-corrected chi connectivity index (χ3v) is 2.52. The van der Waals surface area contributed by atoms with Gasteiger partial charge in [-0.25, -0.2) is 0 Å². The van der Waals surface area contributed by atoms with Crippen LogP contribution in [0.15, 0.2) is 24.3 Å². The minimum absolute atomic E-state index is 0. The summed E-state index contributed by atoms with van der Waals surface area (Å²) >= 11 is 0. The lowest BCUT2D eigenvalue weighted by molar-refractivity contribution is 0.0953. The highest BCUT2D eigenvalue weighted by Gasteiger charge is 2.05. The van der Waals surface area contributed by atoms with Gasteiger partial charge in [0.25, 0.3) is 5.91 Å². The van der Waals surface area contributed by atoms with Gasteiger partial charge in [0.1, 0.15) is 5.75 Å². The first kappa shape index (κ1) is 18.7. The molecule has 1 aromatic carbocycles. The molecule has 114 valence electrons. The first-order chi connectivity index (χ1) is 9.27. The van der Waals surface area contributed by atoms with Gasteiger partial charge in [-0.05, 0) is 31.2 Å². The van der Waals surface area contributed by atoms with E-state index < -0.39 is 0 Å². The summed E-state index contributed by atoms with van der Waals surface area (Å²) in [5.41, 5.74) is 5.97. The summed E-state index contributed by atoms with van der Waals surface area (Å²) < 4.78 is 10.5. The average Bonchev–Trinajstić information content (AvgIpc) is 2.44. The molecule has 1 aromatic rings. The Balaban J connectivity index is 0.00000361. The van der Waals surface area contributed by atoms with Crippen molar-refractivity contribution in [2.45, 2.75) is 12.8 Å². The second kappa shape index (κ2) is 11.5. The molecule has 0 fully saturated rings. The normalized spacial score (nSPS) is 9.70. The SMILES string of the molecule is COCCCOc1cccc(C(=O)NCCCN)c1.Cl. The van der Waals surface area contributed by atoms with Crippen LogP contribution in [0.3, 0.4) is 0 Å². The number of nitrogens with one attached hydrogen (secondary N) is 1. The van der Waals surface area contributed by atoms with E-state index in [-0.39, 0.29) is 18.3 Å². The second-order valence-electron chi connectivity index (χ2n) is 4.12. The maximum atomic E-state index is 11.8. The van der Waals surface area contributed by atoms with E-state index in [9.17, 15) is 4.79 Å². The Kier molecular flexibility index (Phi) is 10.8. The van der Waals surface area contributed by atoms with Gasteiger partial charge in [-0.2, -0.15) is 0 Å². The molecule has 1 amide bonds. The molecule has 5 nitrogen and oxygen atoms in total. The molecule has 0 spiro atoms. The Morgan fingerprint density at radius 3 is 2.80 bits per heavy atom. The Morgan fingerprint density at radius 2 is 2.10 bits per heavy atom. The van der Waals surface area contributed by atoms with Gasteiger partial charge in [-0.15, -0.1) is 12.4 Å². The fourth-order valence-electron chi connectivity index (χ4n) is 1.53. The van der Waals surface area contributed by atoms with Crippen LogP contribution in [-0.4, -0.2) is 39.3 Å². The molecule has 1 rings (SSSR count). The van der Waals surface area contributed by atoms with Crippen molar-refractivity contribution in [1.82, 2.24) is 5.32 Å². The molecule has 0 aliphatic carbocycles. The van der Waals surface area contributed by atoms with Crippen LogP contribution in [0.2, 0.25) is 0 Å². The van der Waals surface area contributed by atoms with E-state index in [4.69, 9.17) is 15.2 Å². The van der Waals surface area contributed by atoms with Crippen molar-refractivity contribution < 1.29 is 14.3 Å². The number of carbonyl (C=O) groups excluding carboxylic acids is 1. The van der Waals surface area contributed by atoms with Crippen molar-refractivity contribution in [3.8, 4) is 5.75 Å². The van der Waals surface area contributed by atoms with Crippen LogP contribution >= 0.6 is 12.4 Å². The number of carbonyl (C=O) groups is 1. The molecule has 20 heavy (non-hydrogen) atoms. The van der Waals surface area contributed by atoms with Gasteiger partial charge in [0.15, 0.2) is 0 Å². The molecular formula is C14H23ClN2O3. The van der Waals surface area contributed by atoms with Crippen LogP contribution in [-0.2, 0) is 4.74 Å². The molecule has 0 bridgehead atoms. The van der Waals surface area contributed by atoms with E-state index in [2.05, 4.69) is 5.32 Å². The van der Waals surface area contributed by atoms with Crippen LogP contribution in [0, 0.1) is 0 Å². The number of halogens is 1. The van der Waals surface area contributed by atoms with Crippen molar-refractivity contribution >= 4 is 18.3 Å². The number of hydrogen-bond acceptors (Lipinski definition) is 4. The van der Waals surface area contributed by atoms with Crippen LogP contribution in [0.5, 0.6) is 5.75 Å². The predicted octanol–water partition coefficient (Wildman–Crippen LogP) is 1.60. The molecule has 3 N–H and O–H groups in total. The summed E-state index contributed by atoms with van der Waals surface area (Å²) in [4.78, 5) is 11.8. The summed E-state index contributed by atoms with van der Waals surface area (Å²) in [6, 6.07) is 7.15. The molecular weight excluding hydrogens is 280 g/mol. The van der Waals surface area contributed by atoms with Crippen LogP contribution < -0.4 is 15.8 Å². The monoisotopic (exact) mass is 302 g/mol. The molecule has 6 heteroatoms. The van der Waals surface area contributed by atoms with Gasteiger partial charge in [-0.3, -0.25) is 4.79 Å². The fraction of sp³-hybridized carbons (Fsp3) is 0.500. The van der Waals surface area contributed by atoms with Gasteiger partial charge in [0, 0.05) is 32.2 Å². The van der Waals surface area contributed by atoms with Crippen molar-refractivity contribution in [2.75, 3.05) is 33.4 Å². The van der Waals surface area contributed by atoms with Crippen molar-refractivity contribution in [2.24, 2.45) is 5.73 Å². The lowest BCUT2D eigenvalue weighted by Crippen LogP contribution is -2.25. The maximum absolute atomic E-state index is 11.8. The van der Waals surface area contributed by atoms with Crippen molar-refractivity contribution in [1.29, 1.82) is 0 Å². The van der Waals surface area contributed by atoms with E-state index >= 15 is 0 Å². The van der Waals surface area contributed by atoms with Crippen molar-refractivity contribution in [3.63, 3.8) is 0 Å². The number of rotatable bonds is 9. The molecule has 0 radical (unpaired) electrons. The van der Waals surface area contributed by atoms with Gasteiger partial charge >= 0.3 is 0 Å². The quantitative estimate of drug-likeness (QED) is 0.680. The fourth-order valence-corrected chi connectivity index (χ4v) is 1.53. The number of hydrogen-bond donors (Lipinski definition) is 2. The number of amides is 1. The third kappa shape index (κ3) is 7.33. The summed E-state index contributed by atoms with van der Waals surface area (Å²) in [5.74, 6) is 0.596. The molecule has 0 heterocycles. The highest BCUT2D eigenvalue weighted by atomic mass is 35.5. The minimum atomic E-state index is -0.101. The number of nitrogens with two attached hydrogens (primary N) is 1. The van der Waals surface area contributed by atoms with Crippen molar-refractivity contribution in [3.05, 3.63) is 29.8 Å². The Labute approximate surface area is 126 Å². The summed E-state index contributed by atoms with van der Waals surface area (Å²) in [6.45, 7) is 2.41. The summed E-state index contributed by atoms with van der Waals surface area (Å²) in [5, 5.41) is 2.81. The number of methoxy groups -OCH3 is 1. The first-order valence-corrected chi connectivity index (χ1v) is 6.48. The second-order valence-corrected chi connectivity index (χ2v) is 4.12. The summed E-state index contributed by atoms with van der Waals surface area (Å²) in [7, 11) is 1.66. The predicted molar refractivity (Wildman–Crippen MR) is 81.7 cm³/mol. The largest absolute Gasteiger partial charge is 0.493 e. The van der Waals surface area contributed by atoms with Gasteiger partial charge < -0.3 is 20.5 Å². The zero-order valence-electron chi connectivity index (χ0n) is 11.8. The van der Waals surface area contributed by atoms with E-state index in [1.807, 2.05) is 12.1 Å². The zero-order chi connectivity index (χ0) is 13.9. The first-order valence-electron chi connectivity index (χ1n) is 6.48. The summed E-state index contributed by atoms with van der Waals surface area (Å²) in [6.07, 6.45) is 1.60. The maximum Gasteiger partial charge on any atom is 0.251 e. The van der Waals surface area contributed by atoms with E-state index in [0.717, 1.165) is 12.8 Å². The lowest BCUT2D eigenvalue weighted by Gasteiger charge is -2.08. The number of ether oxygens (including phenoxy) is 2. The average molecular weight is 303 g/mol. The Morgan fingerprint density at radius 1 is 1.30 bits per heavy atom. The molecule has 0 saturated carbocycles.